The van der Waals surface area contributed by atoms with Crippen molar-refractivity contribution < 1.29 is 0 Å². The molecule has 0 bridgehead atoms. The van der Waals surface area contributed by atoms with Crippen molar-refractivity contribution in [1.29, 1.82) is 0 Å². The van der Waals surface area contributed by atoms with E-state index in [1.165, 1.54) is 50.3 Å². The van der Waals surface area contributed by atoms with Crippen LogP contribution in [0.3, 0.4) is 0 Å². The molecule has 1 aromatic carbocycles. The number of benzene rings is 1. The number of aromatic nitrogens is 1. The van der Waals surface area contributed by atoms with Crippen LogP contribution in [0, 0.1) is 6.92 Å². The lowest BCUT2D eigenvalue weighted by Crippen LogP contribution is -2.44. The normalized spacial score (nSPS) is 17.0. The molecule has 0 saturated carbocycles. The van der Waals surface area contributed by atoms with E-state index < -0.39 is 0 Å². The first-order valence-electron chi connectivity index (χ1n) is 8.13. The minimum atomic E-state index is 1.11. The molecule has 0 aliphatic carbocycles. The number of nitrogens with zero attached hydrogens (tertiary/aromatic N) is 3. The van der Waals surface area contributed by atoms with Crippen LogP contribution in [0.15, 0.2) is 29.6 Å². The fourth-order valence-electron chi connectivity index (χ4n) is 2.96. The Bertz CT molecular complexity index is 600. The summed E-state index contributed by atoms with van der Waals surface area (Å²) in [5.74, 6) is 0. The predicted octanol–water partition coefficient (Wildman–Crippen LogP) is 3.30. The summed E-state index contributed by atoms with van der Waals surface area (Å²) < 4.78 is 0. The zero-order chi connectivity index (χ0) is 15.4. The van der Waals surface area contributed by atoms with Gasteiger partial charge < -0.3 is 9.80 Å². The van der Waals surface area contributed by atoms with Gasteiger partial charge in [0.2, 0.25) is 0 Å². The van der Waals surface area contributed by atoms with Gasteiger partial charge in [0.15, 0.2) is 0 Å². The monoisotopic (exact) mass is 315 g/mol. The fourth-order valence-corrected chi connectivity index (χ4v) is 3.58. The molecule has 0 unspecified atom stereocenters. The van der Waals surface area contributed by atoms with E-state index in [1.807, 2.05) is 0 Å². The van der Waals surface area contributed by atoms with Crippen LogP contribution in [0.25, 0.3) is 11.3 Å². The molecule has 1 aromatic heterocycles. The van der Waals surface area contributed by atoms with Crippen LogP contribution in [-0.4, -0.2) is 54.6 Å². The third-order valence-electron chi connectivity index (χ3n) is 4.38. The first kappa shape index (κ1) is 15.7. The third-order valence-corrected chi connectivity index (χ3v) is 5.15. The first-order chi connectivity index (χ1) is 10.7. The van der Waals surface area contributed by atoms with E-state index in [-0.39, 0.29) is 0 Å². The van der Waals surface area contributed by atoms with Gasteiger partial charge in [0.05, 0.1) is 10.7 Å². The smallest absolute Gasteiger partial charge is 0.0901 e. The molecule has 0 amide bonds. The summed E-state index contributed by atoms with van der Waals surface area (Å²) in [6.45, 7) is 8.13. The molecule has 0 N–H and O–H groups in total. The van der Waals surface area contributed by atoms with Gasteiger partial charge in [-0.05, 0) is 45.0 Å². The van der Waals surface area contributed by atoms with Crippen molar-refractivity contribution in [2.45, 2.75) is 19.8 Å². The Morgan fingerprint density at radius 1 is 1.18 bits per heavy atom. The Hall–Kier alpha value is -1.23. The van der Waals surface area contributed by atoms with Gasteiger partial charge in [0, 0.05) is 37.1 Å². The van der Waals surface area contributed by atoms with Gasteiger partial charge in [0.1, 0.15) is 0 Å². The van der Waals surface area contributed by atoms with Gasteiger partial charge in [-0.3, -0.25) is 0 Å². The summed E-state index contributed by atoms with van der Waals surface area (Å²) in [7, 11) is 2.21. The SMILES string of the molecule is Cc1nc(-c2cccc(CCCN3CCN(C)CC3)c2)cs1. The topological polar surface area (TPSA) is 19.4 Å². The van der Waals surface area contributed by atoms with Crippen LogP contribution in [0.4, 0.5) is 0 Å². The summed E-state index contributed by atoms with van der Waals surface area (Å²) in [5.41, 5.74) is 3.79. The standard InChI is InChI=1S/C18H25N3S/c1-15-19-18(14-22-15)17-7-3-5-16(13-17)6-4-8-21-11-9-20(2)10-12-21/h3,5,7,13-14H,4,6,8-12H2,1-2H3. The van der Waals surface area contributed by atoms with Crippen molar-refractivity contribution in [2.24, 2.45) is 0 Å². The molecule has 4 heteroatoms. The molecule has 1 fully saturated rings. The predicted molar refractivity (Wildman–Crippen MR) is 94.5 cm³/mol. The molecule has 3 nitrogen and oxygen atoms in total. The highest BCUT2D eigenvalue weighted by Crippen LogP contribution is 2.22. The number of aryl methyl sites for hydroxylation is 2. The first-order valence-corrected chi connectivity index (χ1v) is 9.01. The summed E-state index contributed by atoms with van der Waals surface area (Å²) in [4.78, 5) is 9.59. The number of likely N-dealkylation sites (N-methyl/N-ethyl adjacent to an activating group) is 1. The van der Waals surface area contributed by atoms with Crippen molar-refractivity contribution in [3.8, 4) is 11.3 Å². The molecular formula is C18H25N3S. The third kappa shape index (κ3) is 4.15. The van der Waals surface area contributed by atoms with Crippen LogP contribution in [0.2, 0.25) is 0 Å². The van der Waals surface area contributed by atoms with E-state index in [1.54, 1.807) is 11.3 Å². The fraction of sp³-hybridized carbons (Fsp3) is 0.500. The van der Waals surface area contributed by atoms with Crippen molar-refractivity contribution in [2.75, 3.05) is 39.8 Å². The largest absolute Gasteiger partial charge is 0.304 e. The molecular weight excluding hydrogens is 290 g/mol. The molecule has 3 rings (SSSR count). The molecule has 22 heavy (non-hydrogen) atoms. The Morgan fingerprint density at radius 3 is 2.73 bits per heavy atom. The van der Waals surface area contributed by atoms with Gasteiger partial charge in [-0.25, -0.2) is 4.98 Å². The number of piperazine rings is 1. The zero-order valence-electron chi connectivity index (χ0n) is 13.6. The minimum Gasteiger partial charge on any atom is -0.304 e. The van der Waals surface area contributed by atoms with Crippen molar-refractivity contribution >= 4 is 11.3 Å². The lowest BCUT2D eigenvalue weighted by molar-refractivity contribution is 0.153. The molecule has 2 heterocycles. The van der Waals surface area contributed by atoms with E-state index in [0.29, 0.717) is 0 Å². The van der Waals surface area contributed by atoms with Crippen molar-refractivity contribution in [3.05, 3.63) is 40.2 Å². The molecule has 1 aliphatic heterocycles. The maximum atomic E-state index is 4.59. The van der Waals surface area contributed by atoms with Gasteiger partial charge in [-0.2, -0.15) is 0 Å². The second-order valence-electron chi connectivity index (χ2n) is 6.20. The lowest BCUT2D eigenvalue weighted by atomic mass is 10.0. The van der Waals surface area contributed by atoms with Crippen LogP contribution < -0.4 is 0 Å². The maximum absolute atomic E-state index is 4.59. The Morgan fingerprint density at radius 2 is 2.00 bits per heavy atom. The second kappa shape index (κ2) is 7.36. The highest BCUT2D eigenvalue weighted by molar-refractivity contribution is 7.09. The summed E-state index contributed by atoms with van der Waals surface area (Å²) >= 11 is 1.72. The highest BCUT2D eigenvalue weighted by Gasteiger charge is 2.12. The zero-order valence-corrected chi connectivity index (χ0v) is 14.4. The summed E-state index contributed by atoms with van der Waals surface area (Å²) in [5, 5.41) is 3.29. The molecule has 0 radical (unpaired) electrons. The number of rotatable bonds is 5. The Labute approximate surface area is 137 Å². The van der Waals surface area contributed by atoms with Crippen LogP contribution >= 0.6 is 11.3 Å². The minimum absolute atomic E-state index is 1.11. The lowest BCUT2D eigenvalue weighted by Gasteiger charge is -2.32. The Kier molecular flexibility index (Phi) is 5.24. The van der Waals surface area contributed by atoms with E-state index in [9.17, 15) is 0 Å². The van der Waals surface area contributed by atoms with E-state index >= 15 is 0 Å². The average Bonchev–Trinajstić information content (AvgIpc) is 2.96. The van der Waals surface area contributed by atoms with Crippen molar-refractivity contribution in [1.82, 2.24) is 14.8 Å². The second-order valence-corrected chi connectivity index (χ2v) is 7.26. The Balaban J connectivity index is 1.52. The molecule has 0 atom stereocenters. The molecule has 2 aromatic rings. The van der Waals surface area contributed by atoms with E-state index in [4.69, 9.17) is 0 Å². The number of hydrogen-bond acceptors (Lipinski definition) is 4. The van der Waals surface area contributed by atoms with E-state index in [0.717, 1.165) is 17.1 Å². The van der Waals surface area contributed by atoms with Crippen molar-refractivity contribution in [3.63, 3.8) is 0 Å². The van der Waals surface area contributed by atoms with Gasteiger partial charge in [-0.15, -0.1) is 11.3 Å². The van der Waals surface area contributed by atoms with E-state index in [2.05, 4.69) is 58.4 Å². The molecule has 1 aliphatic rings. The van der Waals surface area contributed by atoms with Crippen LogP contribution in [-0.2, 0) is 6.42 Å². The number of hydrogen-bond donors (Lipinski definition) is 0. The van der Waals surface area contributed by atoms with Crippen LogP contribution in [0.1, 0.15) is 17.0 Å². The van der Waals surface area contributed by atoms with Crippen LogP contribution in [0.5, 0.6) is 0 Å². The quantitative estimate of drug-likeness (QED) is 0.844. The number of thiazole rings is 1. The highest BCUT2D eigenvalue weighted by atomic mass is 32.1. The molecule has 118 valence electrons. The summed E-state index contributed by atoms with van der Waals surface area (Å²) in [6.07, 6.45) is 2.40. The summed E-state index contributed by atoms with van der Waals surface area (Å²) in [6, 6.07) is 8.87. The molecule has 1 saturated heterocycles. The van der Waals surface area contributed by atoms with Gasteiger partial charge in [-0.1, -0.05) is 18.2 Å². The molecule has 0 spiro atoms. The maximum Gasteiger partial charge on any atom is 0.0901 e. The van der Waals surface area contributed by atoms with Gasteiger partial charge in [0.25, 0.3) is 0 Å². The average molecular weight is 315 g/mol. The van der Waals surface area contributed by atoms with Gasteiger partial charge >= 0.3 is 0 Å².